The summed E-state index contributed by atoms with van der Waals surface area (Å²) in [5, 5.41) is 11.7. The van der Waals surface area contributed by atoms with Crippen molar-refractivity contribution in [3.8, 4) is 0 Å². The van der Waals surface area contributed by atoms with Crippen LogP contribution in [0.2, 0.25) is 0 Å². The first-order valence-corrected chi connectivity index (χ1v) is 4.41. The first-order valence-electron chi connectivity index (χ1n) is 4.41. The van der Waals surface area contributed by atoms with Gasteiger partial charge in [-0.1, -0.05) is 0 Å². The number of H-pyrrole nitrogens is 1. The van der Waals surface area contributed by atoms with Crippen LogP contribution in [0.25, 0.3) is 0 Å². The van der Waals surface area contributed by atoms with Gasteiger partial charge in [0.05, 0.1) is 5.69 Å². The molecule has 1 aromatic heterocycles. The first kappa shape index (κ1) is 9.01. The minimum absolute atomic E-state index is 0.271. The van der Waals surface area contributed by atoms with E-state index in [1.165, 1.54) is 4.57 Å². The van der Waals surface area contributed by atoms with Crippen LogP contribution >= 0.6 is 0 Å². The van der Waals surface area contributed by atoms with E-state index in [9.17, 15) is 9.59 Å². The zero-order chi connectivity index (χ0) is 10.1. The van der Waals surface area contributed by atoms with Crippen LogP contribution in [0.1, 0.15) is 11.4 Å². The quantitative estimate of drug-likeness (QED) is 0.562. The second kappa shape index (κ2) is 3.30. The van der Waals surface area contributed by atoms with Crippen molar-refractivity contribution in [2.45, 2.75) is 19.5 Å². The summed E-state index contributed by atoms with van der Waals surface area (Å²) in [6.07, 6.45) is 0.747. The molecule has 0 bridgehead atoms. The Labute approximate surface area is 79.6 Å². The van der Waals surface area contributed by atoms with Crippen LogP contribution in [-0.4, -0.2) is 27.2 Å². The monoisotopic (exact) mass is 197 g/mol. The summed E-state index contributed by atoms with van der Waals surface area (Å²) in [5.41, 5.74) is 1.29. The maximum absolute atomic E-state index is 11.4. The maximum atomic E-state index is 11.4. The molecule has 3 N–H and O–H groups in total. The zero-order valence-corrected chi connectivity index (χ0v) is 7.54. The summed E-state index contributed by atoms with van der Waals surface area (Å²) in [6.45, 7) is 1.10. The summed E-state index contributed by atoms with van der Waals surface area (Å²) in [7, 11) is 0. The SMILES string of the molecule is O=C(O)Cn1c2c([nH]c1=O)CCNC2. The van der Waals surface area contributed by atoms with E-state index in [2.05, 4.69) is 10.3 Å². The number of carbonyl (C=O) groups is 1. The van der Waals surface area contributed by atoms with E-state index >= 15 is 0 Å². The Kier molecular flexibility index (Phi) is 2.12. The van der Waals surface area contributed by atoms with E-state index < -0.39 is 5.97 Å². The largest absolute Gasteiger partial charge is 0.480 e. The van der Waals surface area contributed by atoms with Gasteiger partial charge in [-0.25, -0.2) is 4.79 Å². The van der Waals surface area contributed by atoms with Gasteiger partial charge in [0.1, 0.15) is 6.54 Å². The van der Waals surface area contributed by atoms with Gasteiger partial charge in [-0.2, -0.15) is 0 Å². The number of rotatable bonds is 2. The molecule has 14 heavy (non-hydrogen) atoms. The molecule has 0 radical (unpaired) electrons. The Balaban J connectivity index is 2.42. The number of fused-ring (bicyclic) bond motifs is 1. The van der Waals surface area contributed by atoms with Crippen molar-refractivity contribution in [1.29, 1.82) is 0 Å². The van der Waals surface area contributed by atoms with Gasteiger partial charge >= 0.3 is 11.7 Å². The highest BCUT2D eigenvalue weighted by Crippen LogP contribution is 2.08. The number of aliphatic carboxylic acids is 1. The van der Waals surface area contributed by atoms with E-state index in [4.69, 9.17) is 5.11 Å². The summed E-state index contributed by atoms with van der Waals surface area (Å²) in [5.74, 6) is -1.00. The van der Waals surface area contributed by atoms with Crippen molar-refractivity contribution >= 4 is 5.97 Å². The second-order valence-corrected chi connectivity index (χ2v) is 3.26. The lowest BCUT2D eigenvalue weighted by atomic mass is 10.2. The van der Waals surface area contributed by atoms with Crippen molar-refractivity contribution in [2.24, 2.45) is 0 Å². The van der Waals surface area contributed by atoms with E-state index in [-0.39, 0.29) is 12.2 Å². The molecular weight excluding hydrogens is 186 g/mol. The predicted octanol–water partition coefficient (Wildman–Crippen LogP) is -1.09. The topological polar surface area (TPSA) is 87.1 Å². The van der Waals surface area contributed by atoms with Crippen LogP contribution < -0.4 is 11.0 Å². The van der Waals surface area contributed by atoms with Crippen LogP contribution in [0.15, 0.2) is 4.79 Å². The first-order chi connectivity index (χ1) is 6.68. The van der Waals surface area contributed by atoms with Crippen LogP contribution in [-0.2, 0) is 24.3 Å². The van der Waals surface area contributed by atoms with E-state index in [1.807, 2.05) is 0 Å². The van der Waals surface area contributed by atoms with Crippen LogP contribution in [0.4, 0.5) is 0 Å². The number of nitrogens with zero attached hydrogens (tertiary/aromatic N) is 1. The van der Waals surface area contributed by atoms with Gasteiger partial charge in [0.15, 0.2) is 0 Å². The number of carboxylic acids is 1. The minimum atomic E-state index is -1.00. The highest BCUT2D eigenvalue weighted by atomic mass is 16.4. The molecule has 0 aliphatic carbocycles. The number of aromatic amines is 1. The summed E-state index contributed by atoms with van der Waals surface area (Å²) in [6, 6.07) is 0. The van der Waals surface area contributed by atoms with Gasteiger partial charge in [0, 0.05) is 25.2 Å². The van der Waals surface area contributed by atoms with Crippen LogP contribution in [0.5, 0.6) is 0 Å². The third-order valence-electron chi connectivity index (χ3n) is 2.31. The summed E-state index contributed by atoms with van der Waals surface area (Å²) >= 11 is 0. The molecule has 2 heterocycles. The molecule has 0 unspecified atom stereocenters. The average molecular weight is 197 g/mol. The normalized spacial score (nSPS) is 15.1. The fourth-order valence-electron chi connectivity index (χ4n) is 1.69. The number of nitrogens with one attached hydrogen (secondary N) is 2. The van der Waals surface area contributed by atoms with Crippen molar-refractivity contribution in [1.82, 2.24) is 14.9 Å². The molecule has 0 fully saturated rings. The Morgan fingerprint density at radius 1 is 1.57 bits per heavy atom. The third-order valence-corrected chi connectivity index (χ3v) is 2.31. The molecule has 76 valence electrons. The molecule has 0 saturated heterocycles. The molecule has 1 aliphatic heterocycles. The number of imidazole rings is 1. The zero-order valence-electron chi connectivity index (χ0n) is 7.54. The maximum Gasteiger partial charge on any atom is 0.326 e. The van der Waals surface area contributed by atoms with Gasteiger partial charge in [0.2, 0.25) is 0 Å². The molecule has 0 atom stereocenters. The third kappa shape index (κ3) is 1.44. The lowest BCUT2D eigenvalue weighted by Gasteiger charge is -2.13. The van der Waals surface area contributed by atoms with Crippen LogP contribution in [0, 0.1) is 0 Å². The Morgan fingerprint density at radius 3 is 3.07 bits per heavy atom. The summed E-state index contributed by atoms with van der Waals surface area (Å²) in [4.78, 5) is 24.5. The molecule has 6 nitrogen and oxygen atoms in total. The molecule has 0 saturated carbocycles. The Hall–Kier alpha value is -1.56. The van der Waals surface area contributed by atoms with E-state index in [1.54, 1.807) is 0 Å². The number of hydrogen-bond acceptors (Lipinski definition) is 3. The molecule has 0 aromatic carbocycles. The molecule has 1 aromatic rings. The Morgan fingerprint density at radius 2 is 2.36 bits per heavy atom. The van der Waals surface area contributed by atoms with Gasteiger partial charge in [-0.15, -0.1) is 0 Å². The standard InChI is InChI=1S/C8H11N3O3/c12-7(13)4-11-6-3-9-2-1-5(6)10-8(11)14/h9H,1-4H2,(H,10,14)(H,12,13). The fourth-order valence-corrected chi connectivity index (χ4v) is 1.69. The highest BCUT2D eigenvalue weighted by molar-refractivity contribution is 5.66. The molecule has 0 spiro atoms. The molecular formula is C8H11N3O3. The van der Waals surface area contributed by atoms with Crippen molar-refractivity contribution < 1.29 is 9.90 Å². The summed E-state index contributed by atoms with van der Waals surface area (Å²) < 4.78 is 1.27. The minimum Gasteiger partial charge on any atom is -0.480 e. The van der Waals surface area contributed by atoms with Gasteiger partial charge in [0.25, 0.3) is 0 Å². The average Bonchev–Trinajstić information content (AvgIpc) is 2.43. The fraction of sp³-hybridized carbons (Fsp3) is 0.500. The Bertz CT molecular complexity index is 418. The molecule has 2 rings (SSSR count). The predicted molar refractivity (Wildman–Crippen MR) is 48.1 cm³/mol. The van der Waals surface area contributed by atoms with E-state index in [0.717, 1.165) is 24.4 Å². The van der Waals surface area contributed by atoms with Gasteiger partial charge in [-0.3, -0.25) is 9.36 Å². The number of aromatic nitrogens is 2. The number of hydrogen-bond donors (Lipinski definition) is 3. The smallest absolute Gasteiger partial charge is 0.326 e. The van der Waals surface area contributed by atoms with Crippen molar-refractivity contribution in [3.63, 3.8) is 0 Å². The lowest BCUT2D eigenvalue weighted by molar-refractivity contribution is -0.137. The van der Waals surface area contributed by atoms with Gasteiger partial charge < -0.3 is 15.4 Å². The second-order valence-electron chi connectivity index (χ2n) is 3.26. The molecule has 1 aliphatic rings. The number of carboxylic acid groups (broad SMARTS) is 1. The highest BCUT2D eigenvalue weighted by Gasteiger charge is 2.18. The van der Waals surface area contributed by atoms with Gasteiger partial charge in [-0.05, 0) is 0 Å². The molecule has 6 heteroatoms. The van der Waals surface area contributed by atoms with Crippen LogP contribution in [0.3, 0.4) is 0 Å². The van der Waals surface area contributed by atoms with Crippen molar-refractivity contribution in [3.05, 3.63) is 21.9 Å². The van der Waals surface area contributed by atoms with E-state index in [0.29, 0.717) is 6.54 Å². The van der Waals surface area contributed by atoms with Crippen molar-refractivity contribution in [2.75, 3.05) is 6.54 Å². The lowest BCUT2D eigenvalue weighted by Crippen LogP contribution is -2.28. The molecule has 0 amide bonds.